The highest BCUT2D eigenvalue weighted by Crippen LogP contribution is 2.36. The summed E-state index contributed by atoms with van der Waals surface area (Å²) < 4.78 is 5.52. The zero-order valence-electron chi connectivity index (χ0n) is 12.2. The monoisotopic (exact) mass is 319 g/mol. The van der Waals surface area contributed by atoms with Crippen LogP contribution in [0.25, 0.3) is 10.4 Å². The fraction of sp³-hybridized carbons (Fsp3) is 0.250. The van der Waals surface area contributed by atoms with Crippen LogP contribution in [0.15, 0.2) is 36.4 Å². The third kappa shape index (κ3) is 4.08. The molecule has 5 nitrogen and oxygen atoms in total. The minimum Gasteiger partial charge on any atom is -0.492 e. The molecule has 0 fully saturated rings. The van der Waals surface area contributed by atoms with Gasteiger partial charge in [0.2, 0.25) is 0 Å². The van der Waals surface area contributed by atoms with Crippen molar-refractivity contribution in [2.24, 2.45) is 0 Å². The van der Waals surface area contributed by atoms with Gasteiger partial charge in [-0.1, -0.05) is 30.3 Å². The second kappa shape index (κ2) is 7.61. The van der Waals surface area contributed by atoms with Gasteiger partial charge in [0, 0.05) is 11.4 Å². The minimum atomic E-state index is -0.943. The number of hydrogen-bond donors (Lipinski definition) is 2. The van der Waals surface area contributed by atoms with Crippen molar-refractivity contribution in [3.63, 3.8) is 0 Å². The van der Waals surface area contributed by atoms with E-state index in [1.807, 2.05) is 43.3 Å². The molecule has 0 aliphatic rings. The number of nitrogens with one attached hydrogen (secondary N) is 1. The summed E-state index contributed by atoms with van der Waals surface area (Å²) in [5.41, 5.74) is 1.01. The highest BCUT2D eigenvalue weighted by Gasteiger charge is 2.18. The number of carbonyl (C=O) groups excluding carboxylic acids is 1. The van der Waals surface area contributed by atoms with Crippen LogP contribution in [0.3, 0.4) is 0 Å². The van der Waals surface area contributed by atoms with Gasteiger partial charge in [-0.15, -0.1) is 11.3 Å². The van der Waals surface area contributed by atoms with Crippen molar-refractivity contribution in [3.8, 4) is 16.2 Å². The number of carboxylic acids is 1. The lowest BCUT2D eigenvalue weighted by atomic mass is 10.2. The summed E-state index contributed by atoms with van der Waals surface area (Å²) in [5, 5.41) is 11.2. The summed E-state index contributed by atoms with van der Waals surface area (Å²) in [6.07, 6.45) is -0.105. The maximum Gasteiger partial charge on any atom is 0.305 e. The predicted octanol–water partition coefficient (Wildman–Crippen LogP) is 3.02. The second-order valence-corrected chi connectivity index (χ2v) is 5.55. The number of benzene rings is 1. The highest BCUT2D eigenvalue weighted by molar-refractivity contribution is 7.17. The van der Waals surface area contributed by atoms with E-state index >= 15 is 0 Å². The van der Waals surface area contributed by atoms with Crippen LogP contribution >= 0.6 is 11.3 Å². The third-order valence-corrected chi connectivity index (χ3v) is 4.05. The summed E-state index contributed by atoms with van der Waals surface area (Å²) in [4.78, 5) is 24.1. The lowest BCUT2D eigenvalue weighted by Gasteiger charge is -2.05. The fourth-order valence-electron chi connectivity index (χ4n) is 1.90. The van der Waals surface area contributed by atoms with Gasteiger partial charge < -0.3 is 15.2 Å². The first-order valence-electron chi connectivity index (χ1n) is 6.94. The average molecular weight is 319 g/mol. The van der Waals surface area contributed by atoms with Gasteiger partial charge in [0.25, 0.3) is 5.91 Å². The highest BCUT2D eigenvalue weighted by atomic mass is 32.1. The van der Waals surface area contributed by atoms with Gasteiger partial charge in [0.1, 0.15) is 10.6 Å². The Morgan fingerprint density at radius 1 is 1.27 bits per heavy atom. The maximum atomic E-state index is 12.2. The van der Waals surface area contributed by atoms with E-state index in [4.69, 9.17) is 9.84 Å². The first kappa shape index (κ1) is 16.0. The molecule has 2 rings (SSSR count). The lowest BCUT2D eigenvalue weighted by molar-refractivity contribution is -0.136. The van der Waals surface area contributed by atoms with Crippen LogP contribution in [0.2, 0.25) is 0 Å². The van der Waals surface area contributed by atoms with Crippen molar-refractivity contribution in [1.82, 2.24) is 5.32 Å². The van der Waals surface area contributed by atoms with Gasteiger partial charge in [-0.2, -0.15) is 0 Å². The van der Waals surface area contributed by atoms with Gasteiger partial charge >= 0.3 is 5.97 Å². The molecule has 0 unspecified atom stereocenters. The number of thiophene rings is 1. The lowest BCUT2D eigenvalue weighted by Crippen LogP contribution is -2.25. The Morgan fingerprint density at radius 2 is 2.00 bits per heavy atom. The molecular formula is C16H17NO4S. The van der Waals surface area contributed by atoms with Crippen molar-refractivity contribution in [3.05, 3.63) is 41.3 Å². The largest absolute Gasteiger partial charge is 0.492 e. The van der Waals surface area contributed by atoms with Crippen molar-refractivity contribution in [2.45, 2.75) is 13.3 Å². The van der Waals surface area contributed by atoms with Crippen molar-refractivity contribution < 1.29 is 19.4 Å². The molecule has 2 aromatic rings. The number of carbonyl (C=O) groups is 2. The van der Waals surface area contributed by atoms with E-state index in [1.165, 1.54) is 11.3 Å². The summed E-state index contributed by atoms with van der Waals surface area (Å²) in [7, 11) is 0. The summed E-state index contributed by atoms with van der Waals surface area (Å²) >= 11 is 1.34. The van der Waals surface area contributed by atoms with E-state index in [1.54, 1.807) is 0 Å². The molecule has 0 saturated carbocycles. The van der Waals surface area contributed by atoms with E-state index in [0.717, 1.165) is 10.4 Å². The van der Waals surface area contributed by atoms with Crippen LogP contribution in [-0.2, 0) is 4.79 Å². The van der Waals surface area contributed by atoms with Crippen molar-refractivity contribution in [1.29, 1.82) is 0 Å². The number of amides is 1. The Labute approximate surface area is 132 Å². The Bertz CT molecular complexity index is 651. The van der Waals surface area contributed by atoms with Crippen LogP contribution in [0.5, 0.6) is 5.75 Å². The molecule has 0 aliphatic carbocycles. The topological polar surface area (TPSA) is 75.6 Å². The van der Waals surface area contributed by atoms with Crippen LogP contribution < -0.4 is 10.1 Å². The van der Waals surface area contributed by atoms with E-state index < -0.39 is 5.97 Å². The molecule has 22 heavy (non-hydrogen) atoms. The molecular weight excluding hydrogens is 302 g/mol. The zero-order valence-corrected chi connectivity index (χ0v) is 13.0. The molecule has 1 aromatic carbocycles. The quantitative estimate of drug-likeness (QED) is 0.822. The molecule has 0 spiro atoms. The second-order valence-electron chi connectivity index (χ2n) is 4.50. The number of hydrogen-bond acceptors (Lipinski definition) is 4. The molecule has 0 bridgehead atoms. The Kier molecular flexibility index (Phi) is 5.55. The first-order valence-corrected chi connectivity index (χ1v) is 7.75. The Morgan fingerprint density at radius 3 is 2.64 bits per heavy atom. The number of rotatable bonds is 7. The molecule has 6 heteroatoms. The molecule has 0 atom stereocenters. The van der Waals surface area contributed by atoms with Gasteiger partial charge in [0.05, 0.1) is 13.0 Å². The van der Waals surface area contributed by atoms with Crippen LogP contribution in [-0.4, -0.2) is 30.1 Å². The first-order chi connectivity index (χ1) is 10.6. The molecule has 0 saturated heterocycles. The van der Waals surface area contributed by atoms with Gasteiger partial charge in [-0.05, 0) is 18.6 Å². The Balaban J connectivity index is 2.20. The van der Waals surface area contributed by atoms with Crippen LogP contribution in [0.4, 0.5) is 0 Å². The molecule has 2 N–H and O–H groups in total. The van der Waals surface area contributed by atoms with Crippen LogP contribution in [0.1, 0.15) is 23.0 Å². The van der Waals surface area contributed by atoms with Gasteiger partial charge in [-0.3, -0.25) is 9.59 Å². The molecule has 1 amide bonds. The minimum absolute atomic E-state index is 0.0955. The molecule has 116 valence electrons. The SMILES string of the molecule is CCOc1cc(-c2ccccc2)sc1C(=O)NCCC(=O)O. The molecule has 0 radical (unpaired) electrons. The van der Waals surface area contributed by atoms with Crippen molar-refractivity contribution in [2.75, 3.05) is 13.2 Å². The van der Waals surface area contributed by atoms with Crippen molar-refractivity contribution >= 4 is 23.2 Å². The van der Waals surface area contributed by atoms with E-state index in [2.05, 4.69) is 5.32 Å². The Hall–Kier alpha value is -2.34. The summed E-state index contributed by atoms with van der Waals surface area (Å²) in [6, 6.07) is 11.6. The fourth-order valence-corrected chi connectivity index (χ4v) is 2.93. The van der Waals surface area contributed by atoms with Crippen LogP contribution in [0, 0.1) is 0 Å². The third-order valence-electron chi connectivity index (χ3n) is 2.89. The normalized spacial score (nSPS) is 10.2. The number of aliphatic carboxylic acids is 1. The molecule has 0 aliphatic heterocycles. The predicted molar refractivity (Wildman–Crippen MR) is 85.5 cm³/mol. The van der Waals surface area contributed by atoms with E-state index in [-0.39, 0.29) is 18.9 Å². The average Bonchev–Trinajstić information content (AvgIpc) is 2.92. The number of ether oxygens (including phenoxy) is 1. The number of carboxylic acid groups (broad SMARTS) is 1. The van der Waals surface area contributed by atoms with E-state index in [0.29, 0.717) is 17.2 Å². The maximum absolute atomic E-state index is 12.2. The summed E-state index contributed by atoms with van der Waals surface area (Å²) in [5.74, 6) is -0.724. The smallest absolute Gasteiger partial charge is 0.305 e. The van der Waals surface area contributed by atoms with E-state index in [9.17, 15) is 9.59 Å². The van der Waals surface area contributed by atoms with Gasteiger partial charge in [-0.25, -0.2) is 0 Å². The van der Waals surface area contributed by atoms with Gasteiger partial charge in [0.15, 0.2) is 0 Å². The standard InChI is InChI=1S/C16H17NO4S/c1-2-21-12-10-13(11-6-4-3-5-7-11)22-15(12)16(20)17-9-8-14(18)19/h3-7,10H,2,8-9H2,1H3,(H,17,20)(H,18,19). The summed E-state index contributed by atoms with van der Waals surface area (Å²) in [6.45, 7) is 2.41. The molecule has 1 heterocycles. The zero-order chi connectivity index (χ0) is 15.9. The molecule has 1 aromatic heterocycles.